The van der Waals surface area contributed by atoms with E-state index in [9.17, 15) is 8.42 Å². The van der Waals surface area contributed by atoms with Crippen molar-refractivity contribution in [2.45, 2.75) is 18.2 Å². The minimum Gasteiger partial charge on any atom is -0.285 e. The topological polar surface area (TPSA) is 54.4 Å². The van der Waals surface area contributed by atoms with Crippen LogP contribution in [0, 0.1) is 11.8 Å². The minimum atomic E-state index is -3.92. The quantitative estimate of drug-likeness (QED) is 0.337. The second kappa shape index (κ2) is 3.76. The summed E-state index contributed by atoms with van der Waals surface area (Å²) in [5.74, 6) is 4.88. The van der Waals surface area contributed by atoms with Gasteiger partial charge in [-0.25, -0.2) is 0 Å². The Balaban J connectivity index is 4.49. The van der Waals surface area contributed by atoms with Crippen molar-refractivity contribution < 1.29 is 13.0 Å². The zero-order valence-corrected chi connectivity index (χ0v) is 8.77. The Hall–Kier alpha value is -0.313. The van der Waals surface area contributed by atoms with Crippen LogP contribution in [0.1, 0.15) is 6.92 Å². The van der Waals surface area contributed by atoms with Crippen LogP contribution in [0.15, 0.2) is 0 Å². The van der Waals surface area contributed by atoms with Crippen LogP contribution in [0.2, 0.25) is 6.04 Å². The van der Waals surface area contributed by atoms with Crippen molar-refractivity contribution in [2.24, 2.45) is 0 Å². The SMILES string of the molecule is CC#CC(C[SiH3])S(=O)(=O)O. The molecule has 1 N–H and O–H groups in total. The molecule has 0 saturated heterocycles. The van der Waals surface area contributed by atoms with Crippen LogP contribution in [0.25, 0.3) is 0 Å². The molecule has 0 radical (unpaired) electrons. The molecule has 0 aromatic heterocycles. The van der Waals surface area contributed by atoms with Crippen molar-refractivity contribution in [3.8, 4) is 11.8 Å². The first-order valence-corrected chi connectivity index (χ1v) is 5.82. The summed E-state index contributed by atoms with van der Waals surface area (Å²) >= 11 is 0. The molecule has 0 spiro atoms. The normalized spacial score (nSPS) is 13.8. The van der Waals surface area contributed by atoms with Gasteiger partial charge in [-0.15, -0.1) is 5.92 Å². The second-order valence-electron chi connectivity index (χ2n) is 1.81. The van der Waals surface area contributed by atoms with Gasteiger partial charge in [0.05, 0.1) is 0 Å². The Bertz CT molecular complexity index is 246. The molecule has 0 bridgehead atoms. The Morgan fingerprint density at radius 2 is 2.20 bits per heavy atom. The number of rotatable bonds is 2. The molecule has 3 nitrogen and oxygen atoms in total. The van der Waals surface area contributed by atoms with Crippen molar-refractivity contribution in [3.63, 3.8) is 0 Å². The molecule has 0 fully saturated rings. The fourth-order valence-corrected chi connectivity index (χ4v) is 2.70. The van der Waals surface area contributed by atoms with Crippen LogP contribution in [-0.2, 0) is 10.1 Å². The molecule has 0 aromatic rings. The fraction of sp³-hybridized carbons (Fsp3) is 0.600. The highest BCUT2D eigenvalue weighted by molar-refractivity contribution is 7.86. The maximum atomic E-state index is 10.4. The molecule has 0 aromatic carbocycles. The maximum absolute atomic E-state index is 10.4. The number of hydrogen-bond donors (Lipinski definition) is 1. The highest BCUT2D eigenvalue weighted by Crippen LogP contribution is 2.00. The summed E-state index contributed by atoms with van der Waals surface area (Å²) in [5.41, 5.74) is 0. The molecule has 5 heteroatoms. The maximum Gasteiger partial charge on any atom is 0.278 e. The van der Waals surface area contributed by atoms with Crippen molar-refractivity contribution in [2.75, 3.05) is 0 Å². The Morgan fingerprint density at radius 3 is 2.30 bits per heavy atom. The first kappa shape index (κ1) is 9.69. The Kier molecular flexibility index (Phi) is 3.64. The first-order valence-electron chi connectivity index (χ1n) is 2.91. The smallest absolute Gasteiger partial charge is 0.278 e. The standard InChI is InChI=1S/C5H10O3SSi/c1-2-3-5(4-10)9(6,7)8/h5H,4H2,1,10H3,(H,6,7,8). The highest BCUT2D eigenvalue weighted by Gasteiger charge is 2.16. The molecule has 0 aliphatic rings. The van der Waals surface area contributed by atoms with Gasteiger partial charge in [0, 0.05) is 10.2 Å². The van der Waals surface area contributed by atoms with Crippen molar-refractivity contribution in [1.29, 1.82) is 0 Å². The Labute approximate surface area is 64.0 Å². The van der Waals surface area contributed by atoms with Gasteiger partial charge in [0.25, 0.3) is 10.1 Å². The molecule has 0 aliphatic carbocycles. The lowest BCUT2D eigenvalue weighted by Gasteiger charge is -2.00. The summed E-state index contributed by atoms with van der Waals surface area (Å²) in [7, 11) is -3.19. The average molecular weight is 178 g/mol. The molecule has 10 heavy (non-hydrogen) atoms. The molecule has 0 heterocycles. The summed E-state index contributed by atoms with van der Waals surface area (Å²) in [5, 5.41) is -0.857. The van der Waals surface area contributed by atoms with E-state index in [0.29, 0.717) is 6.04 Å². The number of hydrogen-bond acceptors (Lipinski definition) is 2. The largest absolute Gasteiger partial charge is 0.285 e. The Morgan fingerprint density at radius 1 is 1.70 bits per heavy atom. The lowest BCUT2D eigenvalue weighted by molar-refractivity contribution is 0.479. The van der Waals surface area contributed by atoms with Crippen LogP contribution in [-0.4, -0.2) is 28.5 Å². The lowest BCUT2D eigenvalue weighted by Crippen LogP contribution is -2.17. The van der Waals surface area contributed by atoms with E-state index in [4.69, 9.17) is 4.55 Å². The van der Waals surface area contributed by atoms with Crippen LogP contribution in [0.5, 0.6) is 0 Å². The predicted molar refractivity (Wildman–Crippen MR) is 43.5 cm³/mol. The van der Waals surface area contributed by atoms with Crippen LogP contribution in [0.3, 0.4) is 0 Å². The van der Waals surface area contributed by atoms with Gasteiger partial charge in [-0.05, 0) is 13.0 Å². The van der Waals surface area contributed by atoms with Crippen molar-refractivity contribution in [3.05, 3.63) is 0 Å². The lowest BCUT2D eigenvalue weighted by atomic mass is 10.5. The molecule has 0 aliphatic heterocycles. The van der Waals surface area contributed by atoms with Gasteiger partial charge in [0.15, 0.2) is 0 Å². The van der Waals surface area contributed by atoms with Crippen molar-refractivity contribution >= 4 is 20.4 Å². The van der Waals surface area contributed by atoms with E-state index < -0.39 is 15.4 Å². The van der Waals surface area contributed by atoms with Crippen LogP contribution in [0.4, 0.5) is 0 Å². The van der Waals surface area contributed by atoms with E-state index in [0.717, 1.165) is 10.2 Å². The molecular formula is C5H10O3SSi. The fourth-order valence-electron chi connectivity index (χ4n) is 0.548. The minimum absolute atomic E-state index is 0.458. The van der Waals surface area contributed by atoms with Gasteiger partial charge in [-0.1, -0.05) is 5.92 Å². The van der Waals surface area contributed by atoms with Crippen LogP contribution < -0.4 is 0 Å². The molecule has 0 rings (SSSR count). The van der Waals surface area contributed by atoms with Gasteiger partial charge in [-0.2, -0.15) is 8.42 Å². The van der Waals surface area contributed by atoms with Gasteiger partial charge < -0.3 is 0 Å². The molecule has 1 atom stereocenters. The summed E-state index contributed by atoms with van der Waals surface area (Å²) in [6, 6.07) is 0.458. The summed E-state index contributed by atoms with van der Waals surface area (Å²) in [6.45, 7) is 1.55. The summed E-state index contributed by atoms with van der Waals surface area (Å²) in [6.07, 6.45) is 0. The van der Waals surface area contributed by atoms with E-state index >= 15 is 0 Å². The van der Waals surface area contributed by atoms with Gasteiger partial charge in [0.1, 0.15) is 5.25 Å². The first-order chi connectivity index (χ1) is 4.52. The molecule has 58 valence electrons. The summed E-state index contributed by atoms with van der Waals surface area (Å²) < 4.78 is 29.4. The van der Waals surface area contributed by atoms with Gasteiger partial charge in [-0.3, -0.25) is 4.55 Å². The average Bonchev–Trinajstić information content (AvgIpc) is 1.80. The monoisotopic (exact) mass is 178 g/mol. The zero-order chi connectivity index (χ0) is 8.20. The molecule has 0 amide bonds. The predicted octanol–water partition coefficient (Wildman–Crippen LogP) is -0.950. The van der Waals surface area contributed by atoms with Crippen LogP contribution >= 0.6 is 0 Å². The van der Waals surface area contributed by atoms with Gasteiger partial charge >= 0.3 is 0 Å². The van der Waals surface area contributed by atoms with E-state index in [-0.39, 0.29) is 0 Å². The van der Waals surface area contributed by atoms with E-state index in [1.165, 1.54) is 0 Å². The zero-order valence-electron chi connectivity index (χ0n) is 5.96. The molecule has 0 saturated carbocycles. The third kappa shape index (κ3) is 3.01. The second-order valence-corrected chi connectivity index (χ2v) is 4.22. The third-order valence-corrected chi connectivity index (χ3v) is 3.61. The molecular weight excluding hydrogens is 168 g/mol. The summed E-state index contributed by atoms with van der Waals surface area (Å²) in [4.78, 5) is 0. The highest BCUT2D eigenvalue weighted by atomic mass is 32.2. The van der Waals surface area contributed by atoms with Crippen molar-refractivity contribution in [1.82, 2.24) is 0 Å². The van der Waals surface area contributed by atoms with Gasteiger partial charge in [0.2, 0.25) is 0 Å². The van der Waals surface area contributed by atoms with E-state index in [2.05, 4.69) is 11.8 Å². The molecule has 1 unspecified atom stereocenters. The third-order valence-electron chi connectivity index (χ3n) is 1.04. The van der Waals surface area contributed by atoms with E-state index in [1.807, 2.05) is 0 Å². The van der Waals surface area contributed by atoms with E-state index in [1.54, 1.807) is 6.92 Å².